The van der Waals surface area contributed by atoms with Crippen LogP contribution in [0.4, 0.5) is 0 Å². The first-order chi connectivity index (χ1) is 9.81. The number of methoxy groups -OCH3 is 1. The van der Waals surface area contributed by atoms with E-state index in [-0.39, 0.29) is 0 Å². The Morgan fingerprint density at radius 2 is 2.45 bits per heavy atom. The van der Waals surface area contributed by atoms with Gasteiger partial charge in [-0.15, -0.1) is 0 Å². The van der Waals surface area contributed by atoms with Crippen molar-refractivity contribution in [3.8, 4) is 0 Å². The molecule has 0 atom stereocenters. The third-order valence-corrected chi connectivity index (χ3v) is 4.32. The fourth-order valence-corrected chi connectivity index (χ4v) is 3.31. The SMILES string of the molecule is COCCNC(=S)c1cn2c3c1CCC=C3CNCC2. The molecular weight excluding hydrogens is 270 g/mol. The zero-order chi connectivity index (χ0) is 13.9. The van der Waals surface area contributed by atoms with E-state index in [4.69, 9.17) is 17.0 Å². The maximum absolute atomic E-state index is 5.56. The molecule has 1 aromatic rings. The average Bonchev–Trinajstić information content (AvgIpc) is 2.70. The van der Waals surface area contributed by atoms with Crippen LogP contribution in [0.5, 0.6) is 0 Å². The highest BCUT2D eigenvalue weighted by Gasteiger charge is 2.24. The molecule has 2 heterocycles. The first-order valence-corrected chi connectivity index (χ1v) is 7.61. The molecule has 0 unspecified atom stereocenters. The summed E-state index contributed by atoms with van der Waals surface area (Å²) in [7, 11) is 1.71. The predicted molar refractivity (Wildman–Crippen MR) is 85.2 cm³/mol. The number of thiocarbonyl (C=S) groups is 1. The molecule has 20 heavy (non-hydrogen) atoms. The topological polar surface area (TPSA) is 38.2 Å². The summed E-state index contributed by atoms with van der Waals surface area (Å²) in [5, 5.41) is 6.78. The summed E-state index contributed by atoms with van der Waals surface area (Å²) in [6.07, 6.45) is 6.79. The van der Waals surface area contributed by atoms with Crippen LogP contribution < -0.4 is 10.6 Å². The van der Waals surface area contributed by atoms with Gasteiger partial charge >= 0.3 is 0 Å². The largest absolute Gasteiger partial charge is 0.383 e. The maximum Gasteiger partial charge on any atom is 0.108 e. The molecule has 4 nitrogen and oxygen atoms in total. The molecule has 108 valence electrons. The van der Waals surface area contributed by atoms with E-state index in [0.29, 0.717) is 6.61 Å². The Morgan fingerprint density at radius 3 is 3.30 bits per heavy atom. The number of nitrogens with one attached hydrogen (secondary N) is 2. The standard InChI is InChI=1S/C15H21N3OS/c1-19-8-6-17-15(20)13-10-18-7-5-16-9-11-3-2-4-12(13)14(11)18/h3,10,16H,2,4-9H2,1H3,(H,17,20). The number of hydrogen-bond acceptors (Lipinski definition) is 3. The summed E-state index contributed by atoms with van der Waals surface area (Å²) < 4.78 is 7.43. The number of ether oxygens (including phenoxy) is 1. The molecule has 1 aliphatic carbocycles. The Balaban J connectivity index is 1.89. The molecule has 1 aliphatic heterocycles. The Labute approximate surface area is 125 Å². The van der Waals surface area contributed by atoms with E-state index in [1.807, 2.05) is 0 Å². The number of rotatable bonds is 4. The minimum atomic E-state index is 0.679. The van der Waals surface area contributed by atoms with Gasteiger partial charge in [0.1, 0.15) is 4.99 Å². The fourth-order valence-electron chi connectivity index (χ4n) is 3.03. The molecule has 3 rings (SSSR count). The number of aromatic nitrogens is 1. The van der Waals surface area contributed by atoms with Crippen LogP contribution in [-0.2, 0) is 17.7 Å². The molecule has 0 saturated carbocycles. The van der Waals surface area contributed by atoms with Crippen molar-refractivity contribution in [2.24, 2.45) is 0 Å². The van der Waals surface area contributed by atoms with Crippen molar-refractivity contribution < 1.29 is 4.74 Å². The lowest BCUT2D eigenvalue weighted by molar-refractivity contribution is 0.204. The Hall–Kier alpha value is -1.17. The van der Waals surface area contributed by atoms with Crippen LogP contribution in [-0.4, -0.2) is 42.9 Å². The zero-order valence-electron chi connectivity index (χ0n) is 11.9. The van der Waals surface area contributed by atoms with E-state index in [1.165, 1.54) is 22.4 Å². The third-order valence-electron chi connectivity index (χ3n) is 3.95. The van der Waals surface area contributed by atoms with Gasteiger partial charge < -0.3 is 19.9 Å². The molecular formula is C15H21N3OS. The van der Waals surface area contributed by atoms with E-state index in [1.54, 1.807) is 7.11 Å². The molecule has 2 aliphatic rings. The summed E-state index contributed by atoms with van der Waals surface area (Å²) in [5.41, 5.74) is 5.45. The summed E-state index contributed by atoms with van der Waals surface area (Å²) in [4.78, 5) is 0.854. The Morgan fingerprint density at radius 1 is 1.55 bits per heavy atom. The summed E-state index contributed by atoms with van der Waals surface area (Å²) in [6, 6.07) is 0. The molecule has 0 aromatic carbocycles. The first kappa shape index (κ1) is 13.8. The number of hydrogen-bond donors (Lipinski definition) is 2. The van der Waals surface area contributed by atoms with Gasteiger partial charge in [-0.05, 0) is 24.0 Å². The van der Waals surface area contributed by atoms with E-state index in [9.17, 15) is 0 Å². The molecule has 0 saturated heterocycles. The van der Waals surface area contributed by atoms with Gasteiger partial charge in [0.25, 0.3) is 0 Å². The van der Waals surface area contributed by atoms with Gasteiger partial charge in [-0.25, -0.2) is 0 Å². The fraction of sp³-hybridized carbons (Fsp3) is 0.533. The summed E-state index contributed by atoms with van der Waals surface area (Å²) in [6.45, 7) is 4.44. The van der Waals surface area contributed by atoms with Gasteiger partial charge in [0.15, 0.2) is 0 Å². The van der Waals surface area contributed by atoms with Crippen molar-refractivity contribution in [3.63, 3.8) is 0 Å². The van der Waals surface area contributed by atoms with Crippen LogP contribution in [0.25, 0.3) is 5.57 Å². The number of allylic oxidation sites excluding steroid dienone is 1. The zero-order valence-corrected chi connectivity index (χ0v) is 12.7. The van der Waals surface area contributed by atoms with Gasteiger partial charge in [0.05, 0.1) is 6.61 Å². The van der Waals surface area contributed by atoms with Crippen molar-refractivity contribution >= 4 is 22.8 Å². The van der Waals surface area contributed by atoms with E-state index in [2.05, 4.69) is 27.5 Å². The second-order valence-electron chi connectivity index (χ2n) is 5.26. The van der Waals surface area contributed by atoms with Crippen molar-refractivity contribution in [2.45, 2.75) is 19.4 Å². The van der Waals surface area contributed by atoms with Crippen LogP contribution in [0.15, 0.2) is 12.3 Å². The lowest BCUT2D eigenvalue weighted by atomic mass is 9.94. The van der Waals surface area contributed by atoms with Crippen LogP contribution >= 0.6 is 12.2 Å². The second-order valence-corrected chi connectivity index (χ2v) is 5.67. The van der Waals surface area contributed by atoms with Crippen molar-refractivity contribution in [2.75, 3.05) is 33.4 Å². The van der Waals surface area contributed by atoms with E-state index >= 15 is 0 Å². The molecule has 0 bridgehead atoms. The lowest BCUT2D eigenvalue weighted by Crippen LogP contribution is -2.27. The molecule has 2 N–H and O–H groups in total. The lowest BCUT2D eigenvalue weighted by Gasteiger charge is -2.16. The minimum Gasteiger partial charge on any atom is -0.383 e. The second kappa shape index (κ2) is 6.08. The quantitative estimate of drug-likeness (QED) is 0.648. The maximum atomic E-state index is 5.56. The smallest absolute Gasteiger partial charge is 0.108 e. The highest BCUT2D eigenvalue weighted by atomic mass is 32.1. The normalized spacial score (nSPS) is 17.1. The van der Waals surface area contributed by atoms with Gasteiger partial charge in [0.2, 0.25) is 0 Å². The van der Waals surface area contributed by atoms with Crippen LogP contribution in [0.1, 0.15) is 23.2 Å². The first-order valence-electron chi connectivity index (χ1n) is 7.20. The molecule has 1 aromatic heterocycles. The summed E-state index contributed by atoms with van der Waals surface area (Å²) in [5.74, 6) is 0. The summed E-state index contributed by atoms with van der Waals surface area (Å²) >= 11 is 5.56. The highest BCUT2D eigenvalue weighted by Crippen LogP contribution is 2.31. The van der Waals surface area contributed by atoms with Gasteiger partial charge in [-0.3, -0.25) is 0 Å². The molecule has 0 fully saturated rings. The Kier molecular flexibility index (Phi) is 4.19. The Bertz CT molecular complexity index is 548. The van der Waals surface area contributed by atoms with Gasteiger partial charge in [-0.2, -0.15) is 0 Å². The van der Waals surface area contributed by atoms with Gasteiger partial charge in [-0.1, -0.05) is 18.3 Å². The predicted octanol–water partition coefficient (Wildman–Crippen LogP) is 1.33. The molecule has 5 heteroatoms. The van der Waals surface area contributed by atoms with Crippen molar-refractivity contribution in [1.29, 1.82) is 0 Å². The third kappa shape index (κ3) is 2.53. The van der Waals surface area contributed by atoms with E-state index in [0.717, 1.165) is 44.0 Å². The molecule has 0 amide bonds. The van der Waals surface area contributed by atoms with Crippen LogP contribution in [0.3, 0.4) is 0 Å². The monoisotopic (exact) mass is 291 g/mol. The molecule has 0 spiro atoms. The van der Waals surface area contributed by atoms with Crippen molar-refractivity contribution in [3.05, 3.63) is 29.1 Å². The minimum absolute atomic E-state index is 0.679. The van der Waals surface area contributed by atoms with Gasteiger partial charge in [0, 0.05) is 50.7 Å². The van der Waals surface area contributed by atoms with Crippen molar-refractivity contribution in [1.82, 2.24) is 15.2 Å². The van der Waals surface area contributed by atoms with Crippen LogP contribution in [0, 0.1) is 0 Å². The highest BCUT2D eigenvalue weighted by molar-refractivity contribution is 7.80. The van der Waals surface area contributed by atoms with E-state index < -0.39 is 0 Å². The molecule has 0 radical (unpaired) electrons. The number of nitrogens with zero attached hydrogens (tertiary/aromatic N) is 1. The van der Waals surface area contributed by atoms with Crippen LogP contribution in [0.2, 0.25) is 0 Å². The average molecular weight is 291 g/mol.